The summed E-state index contributed by atoms with van der Waals surface area (Å²) in [7, 11) is 0. The normalized spacial score (nSPS) is 12.6. The molecule has 0 saturated carbocycles. The van der Waals surface area contributed by atoms with Crippen LogP contribution in [0.15, 0.2) is 22.8 Å². The summed E-state index contributed by atoms with van der Waals surface area (Å²) in [5.41, 5.74) is -0.757. The Hall–Kier alpha value is -2.11. The standard InChI is InChI=1S/C15H20O6/c1-5-19-12(16)9-10(14(18)21-15(2,3)4)13(17)11-7-6-8-20-11/h6-8,10H,5,9H2,1-4H3. The molecule has 0 aliphatic heterocycles. The van der Waals surface area contributed by atoms with Gasteiger partial charge < -0.3 is 13.9 Å². The molecule has 0 spiro atoms. The second kappa shape index (κ2) is 7.06. The van der Waals surface area contributed by atoms with Crippen LogP contribution in [0.2, 0.25) is 0 Å². The molecule has 1 rings (SSSR count). The molecule has 0 radical (unpaired) electrons. The summed E-state index contributed by atoms with van der Waals surface area (Å²) >= 11 is 0. The van der Waals surface area contributed by atoms with Gasteiger partial charge in [0.1, 0.15) is 11.5 Å². The third-order valence-corrected chi connectivity index (χ3v) is 2.45. The minimum absolute atomic E-state index is 0.00941. The first-order valence-electron chi connectivity index (χ1n) is 6.70. The Kier molecular flexibility index (Phi) is 5.69. The molecular formula is C15H20O6. The van der Waals surface area contributed by atoms with E-state index in [2.05, 4.69) is 0 Å². The van der Waals surface area contributed by atoms with E-state index in [0.29, 0.717) is 0 Å². The molecule has 0 aliphatic carbocycles. The number of Topliss-reactive ketones (excluding diaryl/α,β-unsaturated/α-hetero) is 1. The minimum Gasteiger partial charge on any atom is -0.466 e. The van der Waals surface area contributed by atoms with Gasteiger partial charge in [0.25, 0.3) is 0 Å². The first kappa shape index (κ1) is 16.9. The quantitative estimate of drug-likeness (QED) is 0.455. The molecule has 6 heteroatoms. The van der Waals surface area contributed by atoms with Crippen LogP contribution in [0.1, 0.15) is 44.7 Å². The van der Waals surface area contributed by atoms with Gasteiger partial charge in [-0.15, -0.1) is 0 Å². The maximum atomic E-state index is 12.3. The lowest BCUT2D eigenvalue weighted by Crippen LogP contribution is -2.34. The van der Waals surface area contributed by atoms with Crippen molar-refractivity contribution >= 4 is 17.7 Å². The molecule has 1 aromatic rings. The molecule has 0 amide bonds. The topological polar surface area (TPSA) is 82.8 Å². The molecule has 21 heavy (non-hydrogen) atoms. The van der Waals surface area contributed by atoms with Crippen molar-refractivity contribution in [3.63, 3.8) is 0 Å². The Morgan fingerprint density at radius 1 is 1.29 bits per heavy atom. The summed E-state index contributed by atoms with van der Waals surface area (Å²) in [4.78, 5) is 36.0. The van der Waals surface area contributed by atoms with Crippen molar-refractivity contribution in [1.82, 2.24) is 0 Å². The van der Waals surface area contributed by atoms with Gasteiger partial charge in [-0.05, 0) is 39.8 Å². The number of hydrogen-bond acceptors (Lipinski definition) is 6. The molecule has 1 unspecified atom stereocenters. The molecule has 0 aromatic carbocycles. The van der Waals surface area contributed by atoms with Crippen molar-refractivity contribution in [2.24, 2.45) is 5.92 Å². The maximum absolute atomic E-state index is 12.3. The van der Waals surface area contributed by atoms with Gasteiger partial charge >= 0.3 is 11.9 Å². The Balaban J connectivity index is 2.91. The van der Waals surface area contributed by atoms with Crippen LogP contribution in [0.3, 0.4) is 0 Å². The molecule has 0 N–H and O–H groups in total. The van der Waals surface area contributed by atoms with E-state index in [4.69, 9.17) is 13.9 Å². The third kappa shape index (κ3) is 5.41. The fourth-order valence-electron chi connectivity index (χ4n) is 1.63. The van der Waals surface area contributed by atoms with Gasteiger partial charge in [0, 0.05) is 0 Å². The lowest BCUT2D eigenvalue weighted by molar-refractivity contribution is -0.161. The first-order valence-corrected chi connectivity index (χ1v) is 6.70. The fraction of sp³-hybridized carbons (Fsp3) is 0.533. The van der Waals surface area contributed by atoms with E-state index in [1.807, 2.05) is 0 Å². The second-order valence-corrected chi connectivity index (χ2v) is 5.44. The average Bonchev–Trinajstić information content (AvgIpc) is 2.87. The predicted molar refractivity (Wildman–Crippen MR) is 73.6 cm³/mol. The number of esters is 2. The maximum Gasteiger partial charge on any atom is 0.318 e. The number of carbonyl (C=O) groups excluding carboxylic acids is 3. The van der Waals surface area contributed by atoms with Gasteiger partial charge in [-0.25, -0.2) is 0 Å². The smallest absolute Gasteiger partial charge is 0.318 e. The van der Waals surface area contributed by atoms with Crippen LogP contribution in [-0.4, -0.2) is 29.9 Å². The number of rotatable bonds is 6. The highest BCUT2D eigenvalue weighted by atomic mass is 16.6. The van der Waals surface area contributed by atoms with Gasteiger partial charge in [0.15, 0.2) is 5.76 Å². The zero-order valence-electron chi connectivity index (χ0n) is 12.7. The molecule has 0 aliphatic rings. The van der Waals surface area contributed by atoms with Crippen LogP contribution in [0.4, 0.5) is 0 Å². The summed E-state index contributed by atoms with van der Waals surface area (Å²) in [5.74, 6) is -3.25. The van der Waals surface area contributed by atoms with E-state index in [9.17, 15) is 14.4 Å². The number of hydrogen-bond donors (Lipinski definition) is 0. The molecule has 0 bridgehead atoms. The Labute approximate surface area is 123 Å². The van der Waals surface area contributed by atoms with Gasteiger partial charge in [0.05, 0.1) is 19.3 Å². The van der Waals surface area contributed by atoms with E-state index >= 15 is 0 Å². The Morgan fingerprint density at radius 2 is 1.95 bits per heavy atom. The summed E-state index contributed by atoms with van der Waals surface area (Å²) in [6.45, 7) is 6.88. The van der Waals surface area contributed by atoms with Crippen molar-refractivity contribution in [3.05, 3.63) is 24.2 Å². The predicted octanol–water partition coefficient (Wildman–Crippen LogP) is 2.37. The first-order chi connectivity index (χ1) is 9.74. The van der Waals surface area contributed by atoms with Crippen LogP contribution < -0.4 is 0 Å². The van der Waals surface area contributed by atoms with E-state index in [0.717, 1.165) is 0 Å². The van der Waals surface area contributed by atoms with Crippen LogP contribution in [0.25, 0.3) is 0 Å². The van der Waals surface area contributed by atoms with E-state index in [1.165, 1.54) is 18.4 Å². The number of ether oxygens (including phenoxy) is 2. The lowest BCUT2D eigenvalue weighted by atomic mass is 9.98. The molecule has 1 heterocycles. The highest BCUT2D eigenvalue weighted by Crippen LogP contribution is 2.19. The summed E-state index contributed by atoms with van der Waals surface area (Å²) in [6, 6.07) is 2.97. The minimum atomic E-state index is -1.27. The third-order valence-electron chi connectivity index (χ3n) is 2.45. The van der Waals surface area contributed by atoms with E-state index < -0.39 is 29.2 Å². The summed E-state index contributed by atoms with van der Waals surface area (Å²) in [6.07, 6.45) is 0.950. The fourth-order valence-corrected chi connectivity index (χ4v) is 1.63. The molecule has 1 aromatic heterocycles. The second-order valence-electron chi connectivity index (χ2n) is 5.44. The van der Waals surface area contributed by atoms with E-state index in [1.54, 1.807) is 27.7 Å². The molecular weight excluding hydrogens is 276 g/mol. The largest absolute Gasteiger partial charge is 0.466 e. The lowest BCUT2D eigenvalue weighted by Gasteiger charge is -2.22. The molecule has 116 valence electrons. The average molecular weight is 296 g/mol. The monoisotopic (exact) mass is 296 g/mol. The van der Waals surface area contributed by atoms with Gasteiger partial charge in [-0.3, -0.25) is 14.4 Å². The zero-order valence-corrected chi connectivity index (χ0v) is 12.7. The van der Waals surface area contributed by atoms with Crippen molar-refractivity contribution < 1.29 is 28.3 Å². The highest BCUT2D eigenvalue weighted by molar-refractivity contribution is 6.08. The molecule has 6 nitrogen and oxygen atoms in total. The van der Waals surface area contributed by atoms with Crippen LogP contribution in [-0.2, 0) is 19.1 Å². The number of ketones is 1. The molecule has 0 saturated heterocycles. The SMILES string of the molecule is CCOC(=O)CC(C(=O)OC(C)(C)C)C(=O)c1ccco1. The van der Waals surface area contributed by atoms with Crippen molar-refractivity contribution in [2.75, 3.05) is 6.61 Å². The van der Waals surface area contributed by atoms with Crippen molar-refractivity contribution in [3.8, 4) is 0 Å². The van der Waals surface area contributed by atoms with Crippen LogP contribution >= 0.6 is 0 Å². The van der Waals surface area contributed by atoms with Crippen LogP contribution in [0, 0.1) is 5.92 Å². The Morgan fingerprint density at radius 3 is 2.43 bits per heavy atom. The number of furan rings is 1. The van der Waals surface area contributed by atoms with Gasteiger partial charge in [-0.2, -0.15) is 0 Å². The van der Waals surface area contributed by atoms with Gasteiger partial charge in [-0.1, -0.05) is 0 Å². The zero-order chi connectivity index (χ0) is 16.0. The molecule has 0 fully saturated rings. The van der Waals surface area contributed by atoms with Gasteiger partial charge in [0.2, 0.25) is 5.78 Å². The molecule has 1 atom stereocenters. The van der Waals surface area contributed by atoms with Crippen molar-refractivity contribution in [2.45, 2.75) is 39.7 Å². The summed E-state index contributed by atoms with van der Waals surface area (Å²) < 4.78 is 15.0. The Bertz CT molecular complexity index is 495. The number of carbonyl (C=O) groups is 3. The van der Waals surface area contributed by atoms with Crippen molar-refractivity contribution in [1.29, 1.82) is 0 Å². The summed E-state index contributed by atoms with van der Waals surface area (Å²) in [5, 5.41) is 0. The van der Waals surface area contributed by atoms with E-state index in [-0.39, 0.29) is 18.8 Å². The van der Waals surface area contributed by atoms with Crippen LogP contribution in [0.5, 0.6) is 0 Å². The highest BCUT2D eigenvalue weighted by Gasteiger charge is 2.35.